The van der Waals surface area contributed by atoms with Crippen molar-refractivity contribution in [3.05, 3.63) is 65.1 Å². The van der Waals surface area contributed by atoms with Crippen LogP contribution >= 0.6 is 0 Å². The first-order valence-corrected chi connectivity index (χ1v) is 8.22. The summed E-state index contributed by atoms with van der Waals surface area (Å²) in [4.78, 5) is 12.2. The van der Waals surface area contributed by atoms with Crippen LogP contribution < -0.4 is 9.47 Å². The maximum Gasteiger partial charge on any atom is 0.224 e. The highest BCUT2D eigenvalue weighted by atomic mass is 16.5. The predicted octanol–water partition coefficient (Wildman–Crippen LogP) is 3.36. The second-order valence-corrected chi connectivity index (χ2v) is 5.88. The number of hydrogen-bond donors (Lipinski definition) is 3. The Morgan fingerprint density at radius 1 is 0.893 bits per heavy atom. The second kappa shape index (κ2) is 7.79. The molecule has 144 valence electrons. The van der Waals surface area contributed by atoms with Gasteiger partial charge in [0, 0.05) is 6.08 Å². The first-order chi connectivity index (χ1) is 13.4. The lowest BCUT2D eigenvalue weighted by Crippen LogP contribution is -1.93. The number of ketones is 1. The number of phenols is 3. The van der Waals surface area contributed by atoms with Crippen LogP contribution in [0, 0.1) is 0 Å². The Hall–Kier alpha value is -3.87. The first kappa shape index (κ1) is 18.9. The number of carbonyl (C=O) groups is 1. The summed E-state index contributed by atoms with van der Waals surface area (Å²) in [5, 5.41) is 29.0. The van der Waals surface area contributed by atoms with Crippen molar-refractivity contribution in [3.63, 3.8) is 0 Å². The Morgan fingerprint density at radius 2 is 1.61 bits per heavy atom. The Labute approximate surface area is 161 Å². The van der Waals surface area contributed by atoms with E-state index in [0.717, 1.165) is 5.56 Å². The van der Waals surface area contributed by atoms with Crippen LogP contribution in [0.25, 0.3) is 12.2 Å². The summed E-state index contributed by atoms with van der Waals surface area (Å²) in [5.41, 5.74) is 1.18. The molecule has 0 atom stereocenters. The van der Waals surface area contributed by atoms with Crippen molar-refractivity contribution in [3.8, 4) is 28.7 Å². The minimum absolute atomic E-state index is 0.0314. The van der Waals surface area contributed by atoms with Gasteiger partial charge in [0.25, 0.3) is 0 Å². The van der Waals surface area contributed by atoms with Crippen LogP contribution in [0.2, 0.25) is 0 Å². The molecule has 0 spiro atoms. The minimum atomic E-state index is -0.380. The minimum Gasteiger partial charge on any atom is -0.504 e. The SMILES string of the molecule is COc1cc(/C=C/C2=CC(=O)/C(=C\c3cc(O)c(O)c(OC)c3)O2)ccc1O. The fraction of sp³-hybridized carbons (Fsp3) is 0.0952. The van der Waals surface area contributed by atoms with Gasteiger partial charge in [-0.25, -0.2) is 0 Å². The van der Waals surface area contributed by atoms with Gasteiger partial charge in [-0.1, -0.05) is 12.1 Å². The molecule has 2 aromatic rings. The molecular formula is C21H18O7. The highest BCUT2D eigenvalue weighted by Gasteiger charge is 2.20. The van der Waals surface area contributed by atoms with Gasteiger partial charge in [-0.2, -0.15) is 0 Å². The van der Waals surface area contributed by atoms with Crippen LogP contribution in [0.4, 0.5) is 0 Å². The van der Waals surface area contributed by atoms with Crippen molar-refractivity contribution in [2.24, 2.45) is 0 Å². The average Bonchev–Trinajstić information content (AvgIpc) is 3.03. The normalized spacial score (nSPS) is 15.0. The summed E-state index contributed by atoms with van der Waals surface area (Å²) in [6.07, 6.45) is 6.08. The molecule has 1 aliphatic rings. The van der Waals surface area contributed by atoms with Crippen molar-refractivity contribution in [2.75, 3.05) is 14.2 Å². The molecule has 7 nitrogen and oxygen atoms in total. The van der Waals surface area contributed by atoms with E-state index >= 15 is 0 Å². The van der Waals surface area contributed by atoms with Gasteiger partial charge in [-0.3, -0.25) is 4.79 Å². The Kier molecular flexibility index (Phi) is 5.26. The van der Waals surface area contributed by atoms with Gasteiger partial charge < -0.3 is 29.5 Å². The second-order valence-electron chi connectivity index (χ2n) is 5.88. The number of methoxy groups -OCH3 is 2. The molecule has 2 aromatic carbocycles. The van der Waals surface area contributed by atoms with Crippen molar-refractivity contribution in [1.29, 1.82) is 0 Å². The topological polar surface area (TPSA) is 105 Å². The lowest BCUT2D eigenvalue weighted by molar-refractivity contribution is -0.112. The van der Waals surface area contributed by atoms with Crippen molar-refractivity contribution < 1.29 is 34.3 Å². The van der Waals surface area contributed by atoms with Gasteiger partial charge in [-0.15, -0.1) is 0 Å². The molecule has 3 N–H and O–H groups in total. The number of allylic oxidation sites excluding steroid dienone is 2. The van der Waals surface area contributed by atoms with Crippen LogP contribution in [0.15, 0.2) is 54.0 Å². The molecule has 1 heterocycles. The van der Waals surface area contributed by atoms with Crippen molar-refractivity contribution in [2.45, 2.75) is 0 Å². The monoisotopic (exact) mass is 382 g/mol. The molecule has 0 aliphatic carbocycles. The van der Waals surface area contributed by atoms with E-state index in [-0.39, 0.29) is 34.5 Å². The van der Waals surface area contributed by atoms with Gasteiger partial charge in [0.2, 0.25) is 11.5 Å². The van der Waals surface area contributed by atoms with E-state index < -0.39 is 0 Å². The van der Waals surface area contributed by atoms with Crippen LogP contribution in [-0.2, 0) is 9.53 Å². The van der Waals surface area contributed by atoms with E-state index in [1.165, 1.54) is 44.6 Å². The van der Waals surface area contributed by atoms with Crippen molar-refractivity contribution in [1.82, 2.24) is 0 Å². The van der Waals surface area contributed by atoms with Gasteiger partial charge in [0.1, 0.15) is 5.76 Å². The highest BCUT2D eigenvalue weighted by Crippen LogP contribution is 2.37. The summed E-state index contributed by atoms with van der Waals surface area (Å²) in [6, 6.07) is 7.59. The first-order valence-electron chi connectivity index (χ1n) is 8.22. The van der Waals surface area contributed by atoms with Gasteiger partial charge in [0.15, 0.2) is 28.8 Å². The fourth-order valence-electron chi connectivity index (χ4n) is 2.57. The summed E-state index contributed by atoms with van der Waals surface area (Å²) >= 11 is 0. The molecule has 0 amide bonds. The smallest absolute Gasteiger partial charge is 0.224 e. The number of hydrogen-bond acceptors (Lipinski definition) is 7. The third kappa shape index (κ3) is 3.93. The summed E-state index contributed by atoms with van der Waals surface area (Å²) < 4.78 is 15.6. The summed E-state index contributed by atoms with van der Waals surface area (Å²) in [5.74, 6) is -0.250. The number of rotatable bonds is 5. The number of ether oxygens (including phenoxy) is 3. The summed E-state index contributed by atoms with van der Waals surface area (Å²) in [7, 11) is 2.81. The number of aromatic hydroxyl groups is 3. The molecule has 28 heavy (non-hydrogen) atoms. The third-order valence-electron chi connectivity index (χ3n) is 3.98. The largest absolute Gasteiger partial charge is 0.504 e. The molecule has 1 aliphatic heterocycles. The molecule has 0 radical (unpaired) electrons. The molecule has 0 aromatic heterocycles. The van der Waals surface area contributed by atoms with E-state index in [9.17, 15) is 20.1 Å². The van der Waals surface area contributed by atoms with E-state index in [1.54, 1.807) is 24.3 Å². The zero-order chi connectivity index (χ0) is 20.3. The Balaban J connectivity index is 1.79. The Bertz CT molecular complexity index is 1020. The standard InChI is InChI=1S/C21H18O7/c1-26-18-8-12(4-6-15(18)22)3-5-14-11-16(23)19(28-14)9-13-7-17(24)21(25)20(10-13)27-2/h3-11,22,24-25H,1-2H3/b5-3+,19-9+. The lowest BCUT2D eigenvalue weighted by atomic mass is 10.1. The molecule has 3 rings (SSSR count). The summed E-state index contributed by atoms with van der Waals surface area (Å²) in [6.45, 7) is 0. The molecule has 0 unspecified atom stereocenters. The fourth-order valence-corrected chi connectivity index (χ4v) is 2.57. The molecule has 0 fully saturated rings. The van der Waals surface area contributed by atoms with Crippen LogP contribution in [-0.4, -0.2) is 35.3 Å². The zero-order valence-electron chi connectivity index (χ0n) is 15.2. The number of carbonyl (C=O) groups excluding carboxylic acids is 1. The highest BCUT2D eigenvalue weighted by molar-refractivity contribution is 6.08. The van der Waals surface area contributed by atoms with E-state index in [1.807, 2.05) is 0 Å². The Morgan fingerprint density at radius 3 is 2.32 bits per heavy atom. The maximum absolute atomic E-state index is 12.2. The predicted molar refractivity (Wildman–Crippen MR) is 102 cm³/mol. The number of phenolic OH excluding ortho intramolecular Hbond substituents is 3. The molecule has 0 saturated heterocycles. The zero-order valence-corrected chi connectivity index (χ0v) is 15.2. The van der Waals surface area contributed by atoms with Crippen LogP contribution in [0.3, 0.4) is 0 Å². The van der Waals surface area contributed by atoms with Gasteiger partial charge in [-0.05, 0) is 47.5 Å². The number of benzene rings is 2. The lowest BCUT2D eigenvalue weighted by Gasteiger charge is -2.07. The maximum atomic E-state index is 12.2. The van der Waals surface area contributed by atoms with Gasteiger partial charge >= 0.3 is 0 Å². The molecule has 0 saturated carbocycles. The van der Waals surface area contributed by atoms with Crippen LogP contribution in [0.5, 0.6) is 28.7 Å². The average molecular weight is 382 g/mol. The van der Waals surface area contributed by atoms with E-state index in [2.05, 4.69) is 0 Å². The van der Waals surface area contributed by atoms with E-state index in [0.29, 0.717) is 17.1 Å². The molecular weight excluding hydrogens is 364 g/mol. The third-order valence-corrected chi connectivity index (χ3v) is 3.98. The van der Waals surface area contributed by atoms with Crippen molar-refractivity contribution >= 4 is 17.9 Å². The quantitative estimate of drug-likeness (QED) is 0.538. The molecule has 7 heteroatoms. The van der Waals surface area contributed by atoms with E-state index in [4.69, 9.17) is 14.2 Å². The van der Waals surface area contributed by atoms with Gasteiger partial charge in [0.05, 0.1) is 14.2 Å². The van der Waals surface area contributed by atoms with Crippen LogP contribution in [0.1, 0.15) is 11.1 Å². The molecule has 0 bridgehead atoms.